The maximum atomic E-state index is 12.5. The predicted octanol–water partition coefficient (Wildman–Crippen LogP) is 3.49. The summed E-state index contributed by atoms with van der Waals surface area (Å²) in [6.07, 6.45) is 7.92. The summed E-state index contributed by atoms with van der Waals surface area (Å²) in [6.45, 7) is 4.86. The zero-order valence-corrected chi connectivity index (χ0v) is 15.3. The number of benzene rings is 1. The summed E-state index contributed by atoms with van der Waals surface area (Å²) in [5, 5.41) is 0. The van der Waals surface area contributed by atoms with E-state index in [0.29, 0.717) is 12.3 Å². The van der Waals surface area contributed by atoms with Gasteiger partial charge in [0.2, 0.25) is 5.91 Å². The summed E-state index contributed by atoms with van der Waals surface area (Å²) in [4.78, 5) is 21.3. The molecule has 0 radical (unpaired) electrons. The molecule has 136 valence electrons. The van der Waals surface area contributed by atoms with Crippen molar-refractivity contribution in [3.8, 4) is 0 Å². The number of rotatable bonds is 4. The number of nitrogens with zero attached hydrogens (tertiary/aromatic N) is 3. The first kappa shape index (κ1) is 17.2. The minimum atomic E-state index is 0.258. The monoisotopic (exact) mass is 349 g/mol. The molecule has 1 aromatic carbocycles. The summed E-state index contributed by atoms with van der Waals surface area (Å²) in [7, 11) is 0. The number of piperidine rings is 2. The zero-order chi connectivity index (χ0) is 17.8. The second-order valence-corrected chi connectivity index (χ2v) is 7.91. The van der Waals surface area contributed by atoms with Crippen LogP contribution in [0.5, 0.6) is 0 Å². The number of hydrogen-bond donors (Lipinski definition) is 0. The molecule has 1 amide bonds. The van der Waals surface area contributed by atoms with Crippen LogP contribution in [-0.4, -0.2) is 40.3 Å². The Morgan fingerprint density at radius 2 is 1.69 bits per heavy atom. The SMILES string of the molecule is O=C1CC[C@@]2(CCCN(Cc3ccncc3)C2)CN1Cc1ccccc1. The topological polar surface area (TPSA) is 36.4 Å². The van der Waals surface area contributed by atoms with Crippen molar-refractivity contribution in [2.75, 3.05) is 19.6 Å². The normalized spacial score (nSPS) is 24.2. The average molecular weight is 349 g/mol. The van der Waals surface area contributed by atoms with Gasteiger partial charge in [-0.15, -0.1) is 0 Å². The molecule has 0 N–H and O–H groups in total. The van der Waals surface area contributed by atoms with Gasteiger partial charge in [0.15, 0.2) is 0 Å². The van der Waals surface area contributed by atoms with E-state index in [1.165, 1.54) is 24.0 Å². The van der Waals surface area contributed by atoms with E-state index in [-0.39, 0.29) is 5.41 Å². The molecule has 26 heavy (non-hydrogen) atoms. The van der Waals surface area contributed by atoms with Crippen LogP contribution in [0.4, 0.5) is 0 Å². The first-order valence-electron chi connectivity index (χ1n) is 9.65. The zero-order valence-electron chi connectivity index (χ0n) is 15.3. The standard InChI is InChI=1S/C22H27N3O/c26-21-7-11-22(18-25(21)16-19-5-2-1-3-6-19)10-4-14-24(17-22)15-20-8-12-23-13-9-20/h1-3,5-6,8-9,12-13H,4,7,10-11,14-18H2/t22-/m1/s1. The first-order chi connectivity index (χ1) is 12.7. The molecule has 1 atom stereocenters. The Balaban J connectivity index is 1.44. The molecule has 0 saturated carbocycles. The second-order valence-electron chi connectivity index (χ2n) is 7.91. The summed E-state index contributed by atoms with van der Waals surface area (Å²) < 4.78 is 0. The van der Waals surface area contributed by atoms with Crippen molar-refractivity contribution in [1.29, 1.82) is 0 Å². The predicted molar refractivity (Wildman–Crippen MR) is 102 cm³/mol. The molecule has 2 aromatic rings. The highest BCUT2D eigenvalue weighted by atomic mass is 16.2. The highest BCUT2D eigenvalue weighted by Crippen LogP contribution is 2.39. The molecule has 4 heteroatoms. The fraction of sp³-hybridized carbons (Fsp3) is 0.455. The molecule has 1 aromatic heterocycles. The van der Waals surface area contributed by atoms with Gasteiger partial charge in [0.25, 0.3) is 0 Å². The Bertz CT molecular complexity index is 734. The molecule has 0 aliphatic carbocycles. The Morgan fingerprint density at radius 3 is 2.50 bits per heavy atom. The van der Waals surface area contributed by atoms with Gasteiger partial charge in [0.1, 0.15) is 0 Å². The van der Waals surface area contributed by atoms with E-state index in [1.54, 1.807) is 0 Å². The van der Waals surface area contributed by atoms with Gasteiger partial charge in [0.05, 0.1) is 0 Å². The van der Waals surface area contributed by atoms with Crippen molar-refractivity contribution in [3.63, 3.8) is 0 Å². The minimum absolute atomic E-state index is 0.258. The summed E-state index contributed by atoms with van der Waals surface area (Å²) in [5.41, 5.74) is 2.81. The van der Waals surface area contributed by atoms with Crippen molar-refractivity contribution < 1.29 is 4.79 Å². The van der Waals surface area contributed by atoms with E-state index in [0.717, 1.165) is 39.1 Å². The lowest BCUT2D eigenvalue weighted by molar-refractivity contribution is -0.140. The molecule has 0 unspecified atom stereocenters. The number of amides is 1. The first-order valence-corrected chi connectivity index (χ1v) is 9.65. The van der Waals surface area contributed by atoms with Gasteiger partial charge in [-0.2, -0.15) is 0 Å². The summed E-state index contributed by atoms with van der Waals surface area (Å²) >= 11 is 0. The quantitative estimate of drug-likeness (QED) is 0.848. The largest absolute Gasteiger partial charge is 0.338 e. The van der Waals surface area contributed by atoms with Crippen LogP contribution >= 0.6 is 0 Å². The average Bonchev–Trinajstić information content (AvgIpc) is 2.67. The highest BCUT2D eigenvalue weighted by molar-refractivity contribution is 5.77. The smallest absolute Gasteiger partial charge is 0.222 e. The molecular formula is C22H27N3O. The number of carbonyl (C=O) groups excluding carboxylic acids is 1. The summed E-state index contributed by atoms with van der Waals surface area (Å²) in [5.74, 6) is 0.311. The minimum Gasteiger partial charge on any atom is -0.338 e. The van der Waals surface area contributed by atoms with Gasteiger partial charge in [-0.25, -0.2) is 0 Å². The van der Waals surface area contributed by atoms with Crippen LogP contribution in [0.1, 0.15) is 36.8 Å². The molecule has 4 rings (SSSR count). The van der Waals surface area contributed by atoms with E-state index in [9.17, 15) is 4.79 Å². The van der Waals surface area contributed by atoms with Crippen LogP contribution in [0.15, 0.2) is 54.9 Å². The lowest BCUT2D eigenvalue weighted by Crippen LogP contribution is -2.53. The fourth-order valence-corrected chi connectivity index (χ4v) is 4.57. The highest BCUT2D eigenvalue weighted by Gasteiger charge is 2.41. The number of carbonyl (C=O) groups is 1. The van der Waals surface area contributed by atoms with Crippen molar-refractivity contribution >= 4 is 5.91 Å². The van der Waals surface area contributed by atoms with Crippen LogP contribution in [0.3, 0.4) is 0 Å². The third kappa shape index (κ3) is 3.96. The molecule has 3 heterocycles. The van der Waals surface area contributed by atoms with E-state index >= 15 is 0 Å². The second kappa shape index (κ2) is 7.58. The van der Waals surface area contributed by atoms with Gasteiger partial charge in [-0.1, -0.05) is 30.3 Å². The van der Waals surface area contributed by atoms with E-state index in [4.69, 9.17) is 0 Å². The third-order valence-corrected chi connectivity index (χ3v) is 5.86. The van der Waals surface area contributed by atoms with Crippen molar-refractivity contribution in [2.24, 2.45) is 5.41 Å². The van der Waals surface area contributed by atoms with Crippen LogP contribution in [0.2, 0.25) is 0 Å². The fourth-order valence-electron chi connectivity index (χ4n) is 4.57. The summed E-state index contributed by atoms with van der Waals surface area (Å²) in [6, 6.07) is 14.6. The van der Waals surface area contributed by atoms with Crippen LogP contribution in [-0.2, 0) is 17.9 Å². The maximum absolute atomic E-state index is 12.5. The number of pyridine rings is 1. The van der Waals surface area contributed by atoms with Gasteiger partial charge < -0.3 is 4.90 Å². The Kier molecular flexibility index (Phi) is 5.02. The molecule has 2 saturated heterocycles. The van der Waals surface area contributed by atoms with Crippen LogP contribution in [0, 0.1) is 5.41 Å². The lowest BCUT2D eigenvalue weighted by Gasteiger charge is -2.48. The van der Waals surface area contributed by atoms with Crippen LogP contribution < -0.4 is 0 Å². The molecule has 2 fully saturated rings. The Hall–Kier alpha value is -2.20. The van der Waals surface area contributed by atoms with Crippen molar-refractivity contribution in [2.45, 2.75) is 38.8 Å². The third-order valence-electron chi connectivity index (χ3n) is 5.86. The van der Waals surface area contributed by atoms with Crippen molar-refractivity contribution in [1.82, 2.24) is 14.8 Å². The molecule has 2 aliphatic heterocycles. The van der Waals surface area contributed by atoms with E-state index < -0.39 is 0 Å². The molecular weight excluding hydrogens is 322 g/mol. The number of likely N-dealkylation sites (tertiary alicyclic amines) is 2. The van der Waals surface area contributed by atoms with Gasteiger partial charge in [-0.3, -0.25) is 14.7 Å². The Labute approximate surface area is 155 Å². The van der Waals surface area contributed by atoms with E-state index in [2.05, 4.69) is 51.2 Å². The Morgan fingerprint density at radius 1 is 0.923 bits per heavy atom. The van der Waals surface area contributed by atoms with Gasteiger partial charge >= 0.3 is 0 Å². The maximum Gasteiger partial charge on any atom is 0.222 e. The lowest BCUT2D eigenvalue weighted by atomic mass is 9.73. The molecule has 4 nitrogen and oxygen atoms in total. The van der Waals surface area contributed by atoms with Crippen LogP contribution in [0.25, 0.3) is 0 Å². The van der Waals surface area contributed by atoms with Crippen molar-refractivity contribution in [3.05, 3.63) is 66.0 Å². The molecule has 1 spiro atoms. The van der Waals surface area contributed by atoms with E-state index in [1.807, 2.05) is 18.5 Å². The number of hydrogen-bond acceptors (Lipinski definition) is 3. The number of aromatic nitrogens is 1. The van der Waals surface area contributed by atoms with Gasteiger partial charge in [-0.05, 0) is 49.1 Å². The molecule has 2 aliphatic rings. The molecule has 0 bridgehead atoms. The van der Waals surface area contributed by atoms with Gasteiger partial charge in [0, 0.05) is 50.4 Å².